The fourth-order valence-electron chi connectivity index (χ4n) is 1.30. The minimum atomic E-state index is -3.57. The van der Waals surface area contributed by atoms with Gasteiger partial charge >= 0.3 is 183 Å². The second kappa shape index (κ2) is 13.9. The van der Waals surface area contributed by atoms with E-state index in [2.05, 4.69) is 0 Å². The zero-order valence-corrected chi connectivity index (χ0v) is 20.4. The summed E-state index contributed by atoms with van der Waals surface area (Å²) < 4.78 is 0. The van der Waals surface area contributed by atoms with Crippen molar-refractivity contribution in [2.24, 2.45) is 22.9 Å². The van der Waals surface area contributed by atoms with Crippen molar-refractivity contribution in [3.05, 3.63) is 0 Å². The zero-order chi connectivity index (χ0) is 22.8. The molecule has 12 nitrogen and oxygen atoms in total. The molecule has 0 aliphatic rings. The van der Waals surface area contributed by atoms with E-state index in [1.165, 1.54) is 40.3 Å². The van der Waals surface area contributed by atoms with Crippen LogP contribution < -0.4 is 22.9 Å². The van der Waals surface area contributed by atoms with Gasteiger partial charge in [-0.1, -0.05) is 0 Å². The topological polar surface area (TPSA) is 253 Å². The molecule has 0 fully saturated rings. The Labute approximate surface area is 182 Å². The zero-order valence-electron chi connectivity index (χ0n) is 15.0. The number of carboxylic acids is 4. The molecule has 0 saturated carbocycles. The maximum atomic E-state index is 11.1. The summed E-state index contributed by atoms with van der Waals surface area (Å²) in [6.45, 7) is 0. The van der Waals surface area contributed by atoms with E-state index in [4.69, 9.17) is 43.4 Å². The summed E-state index contributed by atoms with van der Waals surface area (Å²) in [5.41, 5.74) is 22.2. The van der Waals surface area contributed by atoms with Gasteiger partial charge in [0.2, 0.25) is 0 Å². The van der Waals surface area contributed by atoms with Crippen LogP contribution in [0.15, 0.2) is 0 Å². The first-order valence-electron chi connectivity index (χ1n) is 7.80. The average molecular weight is 553 g/mol. The monoisotopic (exact) mass is 554 g/mol. The van der Waals surface area contributed by atoms with Gasteiger partial charge in [0.1, 0.15) is 0 Å². The second-order valence-corrected chi connectivity index (χ2v) is 38.2. The molecule has 0 saturated heterocycles. The molecule has 0 bridgehead atoms. The van der Waals surface area contributed by atoms with Crippen LogP contribution in [0.5, 0.6) is 0 Å². The van der Waals surface area contributed by atoms with Crippen LogP contribution in [0.25, 0.3) is 0 Å². The summed E-state index contributed by atoms with van der Waals surface area (Å²) in [4.78, 5) is 44.2. The van der Waals surface area contributed by atoms with E-state index >= 15 is 0 Å². The van der Waals surface area contributed by atoms with Crippen LogP contribution in [0.3, 0.4) is 0 Å². The van der Waals surface area contributed by atoms with Gasteiger partial charge in [-0.3, -0.25) is 0 Å². The number of hydrogen-bond acceptors (Lipinski definition) is 12. The molecule has 168 valence electrons. The Bertz CT molecular complexity index is 503. The summed E-state index contributed by atoms with van der Waals surface area (Å²) >= 11 is 0. The number of carbonyl (C=O) groups is 4. The van der Waals surface area contributed by atoms with Gasteiger partial charge in [0, 0.05) is 0 Å². The molecule has 0 rings (SSSR count). The number of hydrogen-bond donors (Lipinski definition) is 8. The summed E-state index contributed by atoms with van der Waals surface area (Å²) in [5, 5.41) is 36.1. The van der Waals surface area contributed by atoms with Gasteiger partial charge in [-0.15, -0.1) is 0 Å². The van der Waals surface area contributed by atoms with Crippen LogP contribution in [0, 0.1) is 0 Å². The molecule has 0 heterocycles. The predicted molar refractivity (Wildman–Crippen MR) is 118 cm³/mol. The Morgan fingerprint density at radius 3 is 0.862 bits per heavy atom. The van der Waals surface area contributed by atoms with Crippen molar-refractivity contribution in [3.8, 4) is 0 Å². The van der Waals surface area contributed by atoms with Gasteiger partial charge in [-0.2, -0.15) is 0 Å². The summed E-state index contributed by atoms with van der Waals surface area (Å²) in [6.07, 6.45) is 0. The van der Waals surface area contributed by atoms with Gasteiger partial charge in [0.05, 0.1) is 0 Å². The predicted octanol–water partition coefficient (Wildman–Crippen LogP) is -2.00. The van der Waals surface area contributed by atoms with Crippen molar-refractivity contribution >= 4 is 72.9 Å². The van der Waals surface area contributed by atoms with Crippen molar-refractivity contribution in [1.29, 1.82) is 0 Å². The first-order valence-corrected chi connectivity index (χ1v) is 22.0. The Balaban J connectivity index is 5.58. The maximum absolute atomic E-state index is 11.1. The SMILES string of the molecule is NC(C[S][Ge]([S]CC(N)C(=O)O)([S]CC(N)C(=O)O)[S]CC(N)C(=O)O)C(=O)O. The fourth-order valence-corrected chi connectivity index (χ4v) is 37.2. The van der Waals surface area contributed by atoms with Crippen molar-refractivity contribution in [2.75, 3.05) is 23.0 Å². The number of aliphatic carboxylic acids is 4. The van der Waals surface area contributed by atoms with Crippen molar-refractivity contribution in [2.45, 2.75) is 24.2 Å². The molecule has 0 aromatic rings. The molecule has 17 heteroatoms. The molecular formula is C12H24GeN4O8S4. The van der Waals surface area contributed by atoms with Crippen LogP contribution in [-0.2, 0) is 19.2 Å². The standard InChI is InChI=1S/C12H24GeN4O8S4/c14-5(9(18)19)1-26-13(27-2-6(15)10(20)21,28-3-7(16)11(22)23)29-4-8(17)12(24)25/h5-8H,1-4,14-17H2,(H,18,19)(H,20,21)(H,22,23)(H,24,25). The van der Waals surface area contributed by atoms with Crippen molar-refractivity contribution < 1.29 is 39.6 Å². The van der Waals surface area contributed by atoms with Gasteiger partial charge < -0.3 is 0 Å². The molecule has 0 aromatic heterocycles. The molecule has 0 aliphatic carbocycles. The molecule has 12 N–H and O–H groups in total. The van der Waals surface area contributed by atoms with Gasteiger partial charge in [-0.05, 0) is 0 Å². The molecular weight excluding hydrogens is 529 g/mol. The minimum absolute atomic E-state index is 0.0325. The normalized spacial score (nSPS) is 17.5. The number of rotatable bonds is 16. The number of nitrogens with two attached hydrogens (primary N) is 4. The fraction of sp³-hybridized carbons (Fsp3) is 0.667. The first kappa shape index (κ1) is 28.7. The average Bonchev–Trinajstić information content (AvgIpc) is 2.64. The third-order valence-corrected chi connectivity index (χ3v) is 41.7. The summed E-state index contributed by atoms with van der Waals surface area (Å²) in [6, 6.07) is -4.83. The molecule has 4 unspecified atom stereocenters. The third kappa shape index (κ3) is 11.6. The van der Waals surface area contributed by atoms with E-state index < -0.39 is 56.7 Å². The van der Waals surface area contributed by atoms with Crippen LogP contribution in [0.4, 0.5) is 0 Å². The third-order valence-electron chi connectivity index (χ3n) is 3.03. The quantitative estimate of drug-likeness (QED) is 0.0962. The van der Waals surface area contributed by atoms with E-state index in [0.717, 1.165) is 0 Å². The van der Waals surface area contributed by atoms with Crippen LogP contribution in [0.1, 0.15) is 0 Å². The Hall–Kier alpha value is -0.337. The molecule has 4 atom stereocenters. The van der Waals surface area contributed by atoms with E-state index in [1.807, 2.05) is 0 Å². The van der Waals surface area contributed by atoms with E-state index in [0.29, 0.717) is 0 Å². The van der Waals surface area contributed by atoms with E-state index in [1.54, 1.807) is 0 Å². The Kier molecular flexibility index (Phi) is 13.7. The second-order valence-electron chi connectivity index (χ2n) is 5.52. The Morgan fingerprint density at radius 1 is 0.552 bits per heavy atom. The molecule has 0 amide bonds. The molecule has 0 aliphatic heterocycles. The van der Waals surface area contributed by atoms with E-state index in [-0.39, 0.29) is 23.0 Å². The first-order chi connectivity index (χ1) is 13.3. The van der Waals surface area contributed by atoms with E-state index in [9.17, 15) is 19.2 Å². The molecule has 0 spiro atoms. The van der Waals surface area contributed by atoms with Gasteiger partial charge in [0.15, 0.2) is 0 Å². The summed E-state index contributed by atoms with van der Waals surface area (Å²) in [5.74, 6) is -5.07. The van der Waals surface area contributed by atoms with Crippen molar-refractivity contribution in [1.82, 2.24) is 0 Å². The summed E-state index contributed by atoms with van der Waals surface area (Å²) in [7, 11) is 1.20. The Morgan fingerprint density at radius 2 is 0.724 bits per heavy atom. The number of carboxylic acid groups (broad SMARTS) is 4. The van der Waals surface area contributed by atoms with Crippen LogP contribution in [-0.4, -0.2) is 100 Å². The van der Waals surface area contributed by atoms with Gasteiger partial charge in [0.25, 0.3) is 0 Å². The van der Waals surface area contributed by atoms with Gasteiger partial charge in [-0.25, -0.2) is 0 Å². The van der Waals surface area contributed by atoms with Crippen molar-refractivity contribution in [3.63, 3.8) is 0 Å². The molecule has 0 radical (unpaired) electrons. The van der Waals surface area contributed by atoms with Crippen LogP contribution >= 0.6 is 40.3 Å². The van der Waals surface area contributed by atoms with Crippen LogP contribution in [0.2, 0.25) is 0 Å². The molecule has 0 aromatic carbocycles. The molecule has 29 heavy (non-hydrogen) atoms.